The fourth-order valence-electron chi connectivity index (χ4n) is 2.34. The zero-order chi connectivity index (χ0) is 10.9. The summed E-state index contributed by atoms with van der Waals surface area (Å²) in [7, 11) is 0. The molecule has 1 aliphatic rings. The van der Waals surface area contributed by atoms with Crippen LogP contribution in [0.2, 0.25) is 0 Å². The third-order valence-electron chi connectivity index (χ3n) is 3.48. The van der Waals surface area contributed by atoms with Gasteiger partial charge >= 0.3 is 0 Å². The maximum Gasteiger partial charge on any atom is 0.0465 e. The quantitative estimate of drug-likeness (QED) is 0.595. The average molecular weight is 213 g/mol. The highest BCUT2D eigenvalue weighted by Gasteiger charge is 2.29. The Bertz CT molecular complexity index is 149. The smallest absolute Gasteiger partial charge is 0.0465 e. The molecule has 1 N–H and O–H groups in total. The van der Waals surface area contributed by atoms with Crippen molar-refractivity contribution in [3.05, 3.63) is 0 Å². The first kappa shape index (κ1) is 13.0. The summed E-state index contributed by atoms with van der Waals surface area (Å²) in [6.07, 6.45) is 6.77. The fourth-order valence-corrected chi connectivity index (χ4v) is 2.34. The molecule has 1 fully saturated rings. The van der Waals surface area contributed by atoms with E-state index in [1.165, 1.54) is 45.2 Å². The van der Waals surface area contributed by atoms with Crippen LogP contribution in [0.1, 0.15) is 46.0 Å². The summed E-state index contributed by atoms with van der Waals surface area (Å²) in [4.78, 5) is 0. The van der Waals surface area contributed by atoms with E-state index in [2.05, 4.69) is 19.2 Å². The molecule has 0 bridgehead atoms. The molecule has 0 heterocycles. The van der Waals surface area contributed by atoms with Crippen molar-refractivity contribution < 1.29 is 4.74 Å². The summed E-state index contributed by atoms with van der Waals surface area (Å²) in [5.41, 5.74) is 0. The second-order valence-corrected chi connectivity index (χ2v) is 4.64. The molecule has 1 aliphatic carbocycles. The van der Waals surface area contributed by atoms with Crippen LogP contribution in [0.3, 0.4) is 0 Å². The van der Waals surface area contributed by atoms with E-state index in [9.17, 15) is 0 Å². The fraction of sp³-hybridized carbons (Fsp3) is 1.00. The summed E-state index contributed by atoms with van der Waals surface area (Å²) in [5, 5.41) is 3.54. The van der Waals surface area contributed by atoms with Crippen LogP contribution in [-0.4, -0.2) is 26.3 Å². The van der Waals surface area contributed by atoms with Crippen LogP contribution in [0.5, 0.6) is 0 Å². The summed E-state index contributed by atoms with van der Waals surface area (Å²) >= 11 is 0. The van der Waals surface area contributed by atoms with Crippen molar-refractivity contribution in [2.75, 3.05) is 26.3 Å². The van der Waals surface area contributed by atoms with E-state index in [1.807, 2.05) is 0 Å². The molecule has 0 aromatic carbocycles. The van der Waals surface area contributed by atoms with Crippen molar-refractivity contribution in [3.63, 3.8) is 0 Å². The van der Waals surface area contributed by atoms with Crippen molar-refractivity contribution in [3.8, 4) is 0 Å². The molecule has 1 saturated carbocycles. The molecular weight excluding hydrogens is 186 g/mol. The van der Waals surface area contributed by atoms with Gasteiger partial charge in [0.1, 0.15) is 0 Å². The van der Waals surface area contributed by atoms with Crippen LogP contribution in [0.15, 0.2) is 0 Å². The zero-order valence-electron chi connectivity index (χ0n) is 10.4. The standard InChI is InChI=1S/C13H27NO/c1-3-9-14-11-13-8-7-12(13)6-5-10-15-4-2/h12-14H,3-11H2,1-2H3. The lowest BCUT2D eigenvalue weighted by Gasteiger charge is -2.37. The zero-order valence-corrected chi connectivity index (χ0v) is 10.4. The lowest BCUT2D eigenvalue weighted by atomic mass is 9.71. The van der Waals surface area contributed by atoms with Crippen LogP contribution in [0.4, 0.5) is 0 Å². The topological polar surface area (TPSA) is 21.3 Å². The predicted octanol–water partition coefficient (Wildman–Crippen LogP) is 2.83. The van der Waals surface area contributed by atoms with Gasteiger partial charge in [-0.15, -0.1) is 0 Å². The predicted molar refractivity (Wildman–Crippen MR) is 65.1 cm³/mol. The van der Waals surface area contributed by atoms with E-state index in [4.69, 9.17) is 4.74 Å². The average Bonchev–Trinajstić information content (AvgIpc) is 2.22. The van der Waals surface area contributed by atoms with Crippen LogP contribution in [0.25, 0.3) is 0 Å². The molecule has 2 nitrogen and oxygen atoms in total. The Labute approximate surface area is 94.8 Å². The number of rotatable bonds is 9. The van der Waals surface area contributed by atoms with Gasteiger partial charge in [-0.2, -0.15) is 0 Å². The van der Waals surface area contributed by atoms with E-state index in [-0.39, 0.29) is 0 Å². The Morgan fingerprint density at radius 2 is 2.00 bits per heavy atom. The highest BCUT2D eigenvalue weighted by atomic mass is 16.5. The number of nitrogens with one attached hydrogen (secondary N) is 1. The number of hydrogen-bond acceptors (Lipinski definition) is 2. The molecular formula is C13H27NO. The number of hydrogen-bond donors (Lipinski definition) is 1. The minimum atomic E-state index is 0.867. The molecule has 0 amide bonds. The summed E-state index contributed by atoms with van der Waals surface area (Å²) in [5.74, 6) is 1.94. The van der Waals surface area contributed by atoms with Gasteiger partial charge < -0.3 is 10.1 Å². The highest BCUT2D eigenvalue weighted by molar-refractivity contribution is 4.82. The molecule has 0 aliphatic heterocycles. The van der Waals surface area contributed by atoms with E-state index >= 15 is 0 Å². The van der Waals surface area contributed by atoms with Gasteiger partial charge in [-0.1, -0.05) is 6.92 Å². The maximum atomic E-state index is 5.37. The van der Waals surface area contributed by atoms with Gasteiger partial charge in [-0.05, 0) is 64.0 Å². The molecule has 0 saturated heterocycles. The van der Waals surface area contributed by atoms with Gasteiger partial charge in [-0.25, -0.2) is 0 Å². The first-order valence-electron chi connectivity index (χ1n) is 6.66. The first-order valence-corrected chi connectivity index (χ1v) is 6.66. The van der Waals surface area contributed by atoms with Crippen molar-refractivity contribution in [2.24, 2.45) is 11.8 Å². The Morgan fingerprint density at radius 1 is 1.20 bits per heavy atom. The SMILES string of the molecule is CCCNCC1CCC1CCCOCC. The van der Waals surface area contributed by atoms with Gasteiger partial charge in [0, 0.05) is 13.2 Å². The van der Waals surface area contributed by atoms with Crippen LogP contribution >= 0.6 is 0 Å². The number of ether oxygens (including phenoxy) is 1. The molecule has 2 unspecified atom stereocenters. The van der Waals surface area contributed by atoms with E-state index in [0.717, 1.165) is 25.0 Å². The van der Waals surface area contributed by atoms with Crippen LogP contribution in [-0.2, 0) is 4.74 Å². The van der Waals surface area contributed by atoms with Gasteiger partial charge in [0.15, 0.2) is 0 Å². The molecule has 0 radical (unpaired) electrons. The lowest BCUT2D eigenvalue weighted by Crippen LogP contribution is -2.35. The van der Waals surface area contributed by atoms with Gasteiger partial charge in [0.25, 0.3) is 0 Å². The van der Waals surface area contributed by atoms with E-state index in [1.54, 1.807) is 0 Å². The third kappa shape index (κ3) is 4.98. The molecule has 0 aromatic heterocycles. The second kappa shape index (κ2) is 8.12. The molecule has 90 valence electrons. The molecule has 1 rings (SSSR count). The van der Waals surface area contributed by atoms with Crippen molar-refractivity contribution in [1.82, 2.24) is 5.32 Å². The van der Waals surface area contributed by atoms with E-state index < -0.39 is 0 Å². The second-order valence-electron chi connectivity index (χ2n) is 4.64. The van der Waals surface area contributed by atoms with Crippen molar-refractivity contribution in [1.29, 1.82) is 0 Å². The summed E-state index contributed by atoms with van der Waals surface area (Å²) in [6.45, 7) is 8.55. The minimum absolute atomic E-state index is 0.867. The van der Waals surface area contributed by atoms with Gasteiger partial charge in [-0.3, -0.25) is 0 Å². The monoisotopic (exact) mass is 213 g/mol. The third-order valence-corrected chi connectivity index (χ3v) is 3.48. The van der Waals surface area contributed by atoms with Crippen molar-refractivity contribution in [2.45, 2.75) is 46.0 Å². The lowest BCUT2D eigenvalue weighted by molar-refractivity contribution is 0.112. The Morgan fingerprint density at radius 3 is 2.60 bits per heavy atom. The molecule has 15 heavy (non-hydrogen) atoms. The van der Waals surface area contributed by atoms with Crippen LogP contribution < -0.4 is 5.32 Å². The Kier molecular flexibility index (Phi) is 7.03. The van der Waals surface area contributed by atoms with Crippen LogP contribution in [0, 0.1) is 11.8 Å². The summed E-state index contributed by atoms with van der Waals surface area (Å²) < 4.78 is 5.37. The van der Waals surface area contributed by atoms with E-state index in [0.29, 0.717) is 0 Å². The van der Waals surface area contributed by atoms with Crippen molar-refractivity contribution >= 4 is 0 Å². The maximum absolute atomic E-state index is 5.37. The summed E-state index contributed by atoms with van der Waals surface area (Å²) in [6, 6.07) is 0. The Hall–Kier alpha value is -0.0800. The molecule has 2 atom stereocenters. The minimum Gasteiger partial charge on any atom is -0.382 e. The molecule has 0 aromatic rings. The van der Waals surface area contributed by atoms with Gasteiger partial charge in [0.05, 0.1) is 0 Å². The normalized spacial score (nSPS) is 25.2. The Balaban J connectivity index is 1.95. The van der Waals surface area contributed by atoms with Gasteiger partial charge in [0.2, 0.25) is 0 Å². The molecule has 0 spiro atoms. The highest BCUT2D eigenvalue weighted by Crippen LogP contribution is 2.36. The first-order chi connectivity index (χ1) is 7.38. The largest absolute Gasteiger partial charge is 0.382 e. The molecule has 2 heteroatoms.